The zero-order chi connectivity index (χ0) is 17.5. The minimum Gasteiger partial charge on any atom is -0.363 e. The van der Waals surface area contributed by atoms with Gasteiger partial charge in [-0.3, -0.25) is 0 Å². The average molecular weight is 361 g/mol. The van der Waals surface area contributed by atoms with Gasteiger partial charge in [0.15, 0.2) is 5.96 Å². The molecule has 2 N–H and O–H groups in total. The zero-order valence-electron chi connectivity index (χ0n) is 14.5. The molecule has 6 heteroatoms. The zero-order valence-corrected chi connectivity index (χ0v) is 15.4. The van der Waals surface area contributed by atoms with Crippen molar-refractivity contribution in [2.45, 2.75) is 32.4 Å². The first-order chi connectivity index (χ1) is 12.3. The highest BCUT2D eigenvalue weighted by molar-refractivity contribution is 7.14. The summed E-state index contributed by atoms with van der Waals surface area (Å²) in [4.78, 5) is 6.99. The molecule has 1 fully saturated rings. The van der Waals surface area contributed by atoms with Crippen molar-refractivity contribution in [1.29, 1.82) is 0 Å². The molecule has 1 aromatic carbocycles. The molecule has 0 aliphatic carbocycles. The minimum absolute atomic E-state index is 0.202. The first-order valence-electron chi connectivity index (χ1n) is 8.83. The summed E-state index contributed by atoms with van der Waals surface area (Å²) < 4.78 is 13.7. The van der Waals surface area contributed by atoms with Crippen molar-refractivity contribution < 1.29 is 4.39 Å². The van der Waals surface area contributed by atoms with Crippen LogP contribution in [0.15, 0.2) is 46.8 Å². The van der Waals surface area contributed by atoms with Gasteiger partial charge in [-0.1, -0.05) is 18.2 Å². The van der Waals surface area contributed by atoms with Gasteiger partial charge in [0.25, 0.3) is 0 Å². The van der Waals surface area contributed by atoms with Crippen molar-refractivity contribution in [2.24, 2.45) is 4.99 Å². The quantitative estimate of drug-likeness (QED) is 0.632. The maximum atomic E-state index is 13.7. The Morgan fingerprint density at radius 1 is 1.24 bits per heavy atom. The molecule has 0 bridgehead atoms. The van der Waals surface area contributed by atoms with E-state index in [1.165, 1.54) is 11.1 Å². The van der Waals surface area contributed by atoms with Crippen molar-refractivity contribution in [2.75, 3.05) is 24.5 Å². The van der Waals surface area contributed by atoms with E-state index in [0.717, 1.165) is 38.4 Å². The van der Waals surface area contributed by atoms with E-state index in [0.29, 0.717) is 18.2 Å². The maximum Gasteiger partial charge on any atom is 0.191 e. The Morgan fingerprint density at radius 2 is 2.04 bits per heavy atom. The van der Waals surface area contributed by atoms with Gasteiger partial charge < -0.3 is 15.5 Å². The van der Waals surface area contributed by atoms with E-state index in [1.54, 1.807) is 23.5 Å². The number of nitrogens with zero attached hydrogens (tertiary/aromatic N) is 2. The predicted molar refractivity (Wildman–Crippen MR) is 104 cm³/mol. The largest absolute Gasteiger partial charge is 0.363 e. The van der Waals surface area contributed by atoms with E-state index in [2.05, 4.69) is 38.0 Å². The molecule has 1 aromatic heterocycles. The molecule has 0 atom stereocenters. The molecule has 2 heterocycles. The molecule has 134 valence electrons. The van der Waals surface area contributed by atoms with Gasteiger partial charge in [0.05, 0.1) is 11.5 Å². The molecule has 1 aliphatic heterocycles. The molecule has 2 aromatic rings. The molecule has 0 radical (unpaired) electrons. The number of guanidine groups is 1. The van der Waals surface area contributed by atoms with Crippen LogP contribution in [0.25, 0.3) is 0 Å². The van der Waals surface area contributed by atoms with Crippen molar-refractivity contribution in [3.8, 4) is 0 Å². The van der Waals surface area contributed by atoms with Crippen LogP contribution in [0.4, 0.5) is 9.39 Å². The Labute approximate surface area is 152 Å². The lowest BCUT2D eigenvalue weighted by Gasteiger charge is -2.33. The van der Waals surface area contributed by atoms with Crippen molar-refractivity contribution in [1.82, 2.24) is 10.6 Å². The summed E-state index contributed by atoms with van der Waals surface area (Å²) in [6.45, 7) is 5.27. The van der Waals surface area contributed by atoms with E-state index in [4.69, 9.17) is 0 Å². The number of benzene rings is 1. The SMILES string of the molecule is CCNC(=NCc1ccccc1F)NC1CCN(c2cccs2)CC1. The maximum absolute atomic E-state index is 13.7. The van der Waals surface area contributed by atoms with Gasteiger partial charge in [-0.25, -0.2) is 9.38 Å². The van der Waals surface area contributed by atoms with Crippen molar-refractivity contribution in [3.63, 3.8) is 0 Å². The van der Waals surface area contributed by atoms with Crippen LogP contribution in [0.3, 0.4) is 0 Å². The van der Waals surface area contributed by atoms with Gasteiger partial charge >= 0.3 is 0 Å². The third kappa shape index (κ3) is 4.95. The number of piperidine rings is 1. The van der Waals surface area contributed by atoms with Crippen LogP contribution in [0.5, 0.6) is 0 Å². The Bertz CT molecular complexity index is 678. The molecule has 0 spiro atoms. The van der Waals surface area contributed by atoms with Crippen LogP contribution in [-0.2, 0) is 6.54 Å². The molecule has 3 rings (SSSR count). The third-order valence-corrected chi connectivity index (χ3v) is 5.29. The summed E-state index contributed by atoms with van der Waals surface area (Å²) in [5.41, 5.74) is 0.618. The molecule has 0 amide bonds. The molecule has 25 heavy (non-hydrogen) atoms. The second-order valence-corrected chi connectivity index (χ2v) is 7.07. The normalized spacial score (nSPS) is 16.1. The smallest absolute Gasteiger partial charge is 0.191 e. The van der Waals surface area contributed by atoms with Crippen LogP contribution in [-0.4, -0.2) is 31.6 Å². The summed E-state index contributed by atoms with van der Waals surface area (Å²) in [5.74, 6) is 0.562. The number of nitrogens with one attached hydrogen (secondary N) is 2. The van der Waals surface area contributed by atoms with Gasteiger partial charge in [0.2, 0.25) is 0 Å². The number of rotatable bonds is 5. The van der Waals surface area contributed by atoms with Gasteiger partial charge in [-0.05, 0) is 43.3 Å². The van der Waals surface area contributed by atoms with Crippen molar-refractivity contribution >= 4 is 22.3 Å². The fraction of sp³-hybridized carbons (Fsp3) is 0.421. The monoisotopic (exact) mass is 360 g/mol. The van der Waals surface area contributed by atoms with E-state index >= 15 is 0 Å². The van der Waals surface area contributed by atoms with Gasteiger partial charge in [0, 0.05) is 31.2 Å². The first-order valence-corrected chi connectivity index (χ1v) is 9.71. The van der Waals surface area contributed by atoms with E-state index < -0.39 is 0 Å². The molecular weight excluding hydrogens is 335 g/mol. The van der Waals surface area contributed by atoms with Crippen LogP contribution >= 0.6 is 11.3 Å². The predicted octanol–water partition coefficient (Wildman–Crippen LogP) is 3.61. The summed E-state index contributed by atoms with van der Waals surface area (Å²) in [6.07, 6.45) is 2.14. The van der Waals surface area contributed by atoms with Gasteiger partial charge in [-0.2, -0.15) is 0 Å². The summed E-state index contributed by atoms with van der Waals surface area (Å²) in [6, 6.07) is 11.5. The van der Waals surface area contributed by atoms with E-state index in [-0.39, 0.29) is 5.82 Å². The standard InChI is InChI=1S/C19H25FN4S/c1-2-21-19(22-14-15-6-3-4-7-17(15)20)23-16-9-11-24(12-10-16)18-8-5-13-25-18/h3-8,13,16H,2,9-12,14H2,1H3,(H2,21,22,23). The number of hydrogen-bond donors (Lipinski definition) is 2. The van der Waals surface area contributed by atoms with E-state index in [1.807, 2.05) is 13.0 Å². The second-order valence-electron chi connectivity index (χ2n) is 6.14. The fourth-order valence-corrected chi connectivity index (χ4v) is 3.78. The number of anilines is 1. The summed E-state index contributed by atoms with van der Waals surface area (Å²) in [7, 11) is 0. The lowest BCUT2D eigenvalue weighted by molar-refractivity contribution is 0.462. The van der Waals surface area contributed by atoms with Crippen LogP contribution in [0, 0.1) is 5.82 Å². The number of aliphatic imine (C=N–C) groups is 1. The van der Waals surface area contributed by atoms with Crippen molar-refractivity contribution in [3.05, 3.63) is 53.2 Å². The Hall–Kier alpha value is -2.08. The number of hydrogen-bond acceptors (Lipinski definition) is 3. The number of thiophene rings is 1. The topological polar surface area (TPSA) is 39.7 Å². The molecular formula is C19H25FN4S. The summed E-state index contributed by atoms with van der Waals surface area (Å²) >= 11 is 1.79. The molecule has 4 nitrogen and oxygen atoms in total. The lowest BCUT2D eigenvalue weighted by Crippen LogP contribution is -2.48. The van der Waals surface area contributed by atoms with Gasteiger partial charge in [-0.15, -0.1) is 11.3 Å². The lowest BCUT2D eigenvalue weighted by atomic mass is 10.1. The average Bonchev–Trinajstić information content (AvgIpc) is 3.16. The summed E-state index contributed by atoms with van der Waals surface area (Å²) in [5, 5.41) is 10.2. The van der Waals surface area contributed by atoms with Crippen LogP contribution in [0.1, 0.15) is 25.3 Å². The Balaban J connectivity index is 1.55. The highest BCUT2D eigenvalue weighted by Crippen LogP contribution is 2.24. The minimum atomic E-state index is -0.202. The van der Waals surface area contributed by atoms with Gasteiger partial charge in [0.1, 0.15) is 5.82 Å². The molecule has 0 unspecified atom stereocenters. The molecule has 1 aliphatic rings. The highest BCUT2D eigenvalue weighted by atomic mass is 32.1. The highest BCUT2D eigenvalue weighted by Gasteiger charge is 2.20. The van der Waals surface area contributed by atoms with Crippen LogP contribution < -0.4 is 15.5 Å². The molecule has 0 saturated carbocycles. The Morgan fingerprint density at radius 3 is 2.72 bits per heavy atom. The molecule has 1 saturated heterocycles. The first kappa shape index (κ1) is 17.7. The third-order valence-electron chi connectivity index (χ3n) is 4.36. The van der Waals surface area contributed by atoms with E-state index in [9.17, 15) is 4.39 Å². The van der Waals surface area contributed by atoms with Crippen LogP contribution in [0.2, 0.25) is 0 Å². The number of halogens is 1. The fourth-order valence-electron chi connectivity index (χ4n) is 3.00. The second kappa shape index (κ2) is 8.85. The Kier molecular flexibility index (Phi) is 6.28.